The number of benzene rings is 4. The maximum Gasteiger partial charge on any atom is 0.123 e. The van der Waals surface area contributed by atoms with Gasteiger partial charge in [0.15, 0.2) is 0 Å². The van der Waals surface area contributed by atoms with E-state index in [1.165, 1.54) is 24.3 Å². The zero-order chi connectivity index (χ0) is 25.4. The molecule has 0 unspecified atom stereocenters. The summed E-state index contributed by atoms with van der Waals surface area (Å²) >= 11 is 0. The third kappa shape index (κ3) is 7.91. The molecule has 0 amide bonds. The van der Waals surface area contributed by atoms with Crippen LogP contribution in [-0.2, 0) is 0 Å². The predicted octanol–water partition coefficient (Wildman–Crippen LogP) is 6.26. The van der Waals surface area contributed by atoms with Crippen LogP contribution in [0.5, 0.6) is 34.5 Å². The summed E-state index contributed by atoms with van der Waals surface area (Å²) in [5.74, 6) is 0.476. The molecule has 0 heterocycles. The van der Waals surface area contributed by atoms with Crippen molar-refractivity contribution in [2.45, 2.75) is 6.92 Å². The zero-order valence-electron chi connectivity index (χ0n) is 19.0. The summed E-state index contributed by atoms with van der Waals surface area (Å²) < 4.78 is 0. The summed E-state index contributed by atoms with van der Waals surface area (Å²) in [6.45, 7) is 1.90. The Labute approximate surface area is 203 Å². The van der Waals surface area contributed by atoms with E-state index in [1.807, 2.05) is 25.1 Å². The van der Waals surface area contributed by atoms with E-state index in [0.29, 0.717) is 16.7 Å². The van der Waals surface area contributed by atoms with Crippen molar-refractivity contribution < 1.29 is 30.6 Å². The number of phenolic OH excluding ortho intramolecular Hbond substituents is 6. The SMILES string of the molecule is Cc1ccc(/C=C/c2cc(O)cc(O)c2)c(O)c1.Oc1ccc(/C=C/c2cc(O)cc(O)c2)cc1. The van der Waals surface area contributed by atoms with Gasteiger partial charge >= 0.3 is 0 Å². The van der Waals surface area contributed by atoms with Crippen LogP contribution in [0.15, 0.2) is 78.9 Å². The van der Waals surface area contributed by atoms with Crippen molar-refractivity contribution in [3.63, 3.8) is 0 Å². The van der Waals surface area contributed by atoms with Crippen LogP contribution in [0.1, 0.15) is 27.8 Å². The summed E-state index contributed by atoms with van der Waals surface area (Å²) in [7, 11) is 0. The van der Waals surface area contributed by atoms with Crippen molar-refractivity contribution in [3.05, 3.63) is 107 Å². The number of hydrogen-bond donors (Lipinski definition) is 6. The molecule has 0 bridgehead atoms. The van der Waals surface area contributed by atoms with Crippen molar-refractivity contribution in [1.29, 1.82) is 0 Å². The molecular formula is C29H26O6. The number of rotatable bonds is 4. The molecule has 0 aliphatic rings. The van der Waals surface area contributed by atoms with Crippen LogP contribution < -0.4 is 0 Å². The first-order valence-electron chi connectivity index (χ1n) is 10.7. The number of aromatic hydroxyl groups is 6. The molecule has 0 aliphatic carbocycles. The van der Waals surface area contributed by atoms with Gasteiger partial charge < -0.3 is 30.6 Å². The van der Waals surface area contributed by atoms with Gasteiger partial charge in [-0.05, 0) is 71.6 Å². The molecule has 0 saturated heterocycles. The normalized spacial score (nSPS) is 10.9. The third-order valence-electron chi connectivity index (χ3n) is 4.85. The van der Waals surface area contributed by atoms with Crippen LogP contribution in [0, 0.1) is 6.92 Å². The molecule has 0 spiro atoms. The van der Waals surface area contributed by atoms with Gasteiger partial charge in [0.25, 0.3) is 0 Å². The molecule has 4 rings (SSSR count). The molecule has 0 radical (unpaired) electrons. The zero-order valence-corrected chi connectivity index (χ0v) is 19.0. The van der Waals surface area contributed by atoms with Gasteiger partial charge in [0.1, 0.15) is 34.5 Å². The van der Waals surface area contributed by atoms with Crippen molar-refractivity contribution >= 4 is 24.3 Å². The van der Waals surface area contributed by atoms with E-state index in [9.17, 15) is 25.5 Å². The highest BCUT2D eigenvalue weighted by Gasteiger charge is 1.99. The second-order valence-electron chi connectivity index (χ2n) is 7.89. The molecule has 178 valence electrons. The summed E-state index contributed by atoms with van der Waals surface area (Å²) in [6.07, 6.45) is 7.03. The average molecular weight is 471 g/mol. The second kappa shape index (κ2) is 11.3. The fourth-order valence-corrected chi connectivity index (χ4v) is 3.19. The summed E-state index contributed by atoms with van der Waals surface area (Å²) in [5, 5.41) is 56.1. The number of phenols is 6. The lowest BCUT2D eigenvalue weighted by Crippen LogP contribution is -1.78. The van der Waals surface area contributed by atoms with E-state index in [0.717, 1.165) is 11.1 Å². The lowest BCUT2D eigenvalue weighted by Gasteiger charge is -2.01. The van der Waals surface area contributed by atoms with E-state index >= 15 is 0 Å². The van der Waals surface area contributed by atoms with Crippen LogP contribution in [-0.4, -0.2) is 30.6 Å². The molecule has 6 heteroatoms. The maximum atomic E-state index is 9.73. The van der Waals surface area contributed by atoms with Crippen molar-refractivity contribution in [2.24, 2.45) is 0 Å². The fraction of sp³-hybridized carbons (Fsp3) is 0.0345. The minimum absolute atomic E-state index is 0.00257. The van der Waals surface area contributed by atoms with Crippen LogP contribution in [0.4, 0.5) is 0 Å². The highest BCUT2D eigenvalue weighted by molar-refractivity contribution is 5.73. The van der Waals surface area contributed by atoms with E-state index in [1.54, 1.807) is 60.7 Å². The Morgan fingerprint density at radius 2 is 0.886 bits per heavy atom. The van der Waals surface area contributed by atoms with Crippen LogP contribution >= 0.6 is 0 Å². The van der Waals surface area contributed by atoms with E-state index in [-0.39, 0.29) is 34.5 Å². The Morgan fingerprint density at radius 3 is 1.37 bits per heavy atom. The van der Waals surface area contributed by atoms with Gasteiger partial charge in [-0.3, -0.25) is 0 Å². The quantitative estimate of drug-likeness (QED) is 0.196. The highest BCUT2D eigenvalue weighted by Crippen LogP contribution is 2.25. The Kier molecular flexibility index (Phi) is 8.03. The van der Waals surface area contributed by atoms with Crippen molar-refractivity contribution in [1.82, 2.24) is 0 Å². The summed E-state index contributed by atoms with van der Waals surface area (Å²) in [6, 6.07) is 20.8. The first-order valence-corrected chi connectivity index (χ1v) is 10.7. The minimum atomic E-state index is 0.00257. The Bertz CT molecular complexity index is 1310. The minimum Gasteiger partial charge on any atom is -0.508 e. The van der Waals surface area contributed by atoms with E-state index in [4.69, 9.17) is 5.11 Å². The molecule has 0 saturated carbocycles. The first-order chi connectivity index (χ1) is 16.7. The molecular weight excluding hydrogens is 444 g/mol. The first kappa shape index (κ1) is 24.8. The van der Waals surface area contributed by atoms with Gasteiger partial charge in [-0.15, -0.1) is 0 Å². The molecule has 6 N–H and O–H groups in total. The van der Waals surface area contributed by atoms with Crippen LogP contribution in [0.3, 0.4) is 0 Å². The van der Waals surface area contributed by atoms with Crippen molar-refractivity contribution in [3.8, 4) is 34.5 Å². The van der Waals surface area contributed by atoms with Crippen LogP contribution in [0.2, 0.25) is 0 Å². The summed E-state index contributed by atoms with van der Waals surface area (Å²) in [4.78, 5) is 0. The highest BCUT2D eigenvalue weighted by atomic mass is 16.3. The standard InChI is InChI=1S/C15H14O3.C14H12O3/c1-10-2-4-12(15(18)6-10)5-3-11-7-13(16)9-14(17)8-11;15-12-5-3-10(4-6-12)1-2-11-7-13(16)9-14(17)8-11/h2-9,16-18H,1H3;1-9,15-17H/b5-3+;2-1+. The topological polar surface area (TPSA) is 121 Å². The summed E-state index contributed by atoms with van der Waals surface area (Å²) in [5.41, 5.74) is 3.96. The molecule has 4 aromatic rings. The number of aryl methyl sites for hydroxylation is 1. The van der Waals surface area contributed by atoms with Crippen molar-refractivity contribution in [2.75, 3.05) is 0 Å². The van der Waals surface area contributed by atoms with Crippen LogP contribution in [0.25, 0.3) is 24.3 Å². The lowest BCUT2D eigenvalue weighted by atomic mass is 10.1. The second-order valence-corrected chi connectivity index (χ2v) is 7.89. The Hall–Kier alpha value is -4.84. The van der Waals surface area contributed by atoms with Gasteiger partial charge in [0.05, 0.1) is 0 Å². The molecule has 6 nitrogen and oxygen atoms in total. The molecule has 0 fully saturated rings. The molecule has 0 aliphatic heterocycles. The lowest BCUT2D eigenvalue weighted by molar-refractivity contribution is 0.449. The Balaban J connectivity index is 0.000000196. The van der Waals surface area contributed by atoms with Gasteiger partial charge in [-0.25, -0.2) is 0 Å². The monoisotopic (exact) mass is 470 g/mol. The number of hydrogen-bond acceptors (Lipinski definition) is 6. The smallest absolute Gasteiger partial charge is 0.123 e. The largest absolute Gasteiger partial charge is 0.508 e. The van der Waals surface area contributed by atoms with Gasteiger partial charge in [0, 0.05) is 17.7 Å². The molecule has 0 atom stereocenters. The van der Waals surface area contributed by atoms with E-state index < -0.39 is 0 Å². The van der Waals surface area contributed by atoms with Gasteiger partial charge in [-0.1, -0.05) is 48.6 Å². The third-order valence-corrected chi connectivity index (χ3v) is 4.85. The van der Waals surface area contributed by atoms with Gasteiger partial charge in [-0.2, -0.15) is 0 Å². The van der Waals surface area contributed by atoms with E-state index in [2.05, 4.69) is 0 Å². The predicted molar refractivity (Wildman–Crippen MR) is 138 cm³/mol. The van der Waals surface area contributed by atoms with Gasteiger partial charge in [0.2, 0.25) is 0 Å². The Morgan fingerprint density at radius 1 is 0.429 bits per heavy atom. The molecule has 4 aromatic carbocycles. The maximum absolute atomic E-state index is 9.73. The fourth-order valence-electron chi connectivity index (χ4n) is 3.19. The molecule has 35 heavy (non-hydrogen) atoms. The average Bonchev–Trinajstić information content (AvgIpc) is 2.77. The molecule has 0 aromatic heterocycles.